The van der Waals surface area contributed by atoms with Crippen LogP contribution in [0, 0.1) is 13.8 Å². The normalized spacial score (nSPS) is 21.6. The molecule has 1 aliphatic rings. The first-order valence-electron chi connectivity index (χ1n) is 9.35. The highest BCUT2D eigenvalue weighted by atomic mass is 32.2. The maximum atomic E-state index is 13.2. The number of sulfonamides is 2. The summed E-state index contributed by atoms with van der Waals surface area (Å²) in [7, 11) is -5.17. The Labute approximate surface area is 178 Å². The summed E-state index contributed by atoms with van der Waals surface area (Å²) in [6.45, 7) is 3.59. The number of ether oxygens (including phenoxy) is 2. The lowest BCUT2D eigenvalue weighted by atomic mass is 10.2. The van der Waals surface area contributed by atoms with Crippen molar-refractivity contribution in [3.63, 3.8) is 0 Å². The summed E-state index contributed by atoms with van der Waals surface area (Å²) >= 11 is 0. The molecule has 1 saturated heterocycles. The van der Waals surface area contributed by atoms with E-state index in [2.05, 4.69) is 0 Å². The van der Waals surface area contributed by atoms with Gasteiger partial charge in [0, 0.05) is 27.3 Å². The van der Waals surface area contributed by atoms with Gasteiger partial charge in [-0.2, -0.15) is 8.61 Å². The minimum atomic E-state index is -3.92. The zero-order valence-corrected chi connectivity index (χ0v) is 19.0. The fourth-order valence-corrected chi connectivity index (χ4v) is 6.48. The summed E-state index contributed by atoms with van der Waals surface area (Å²) in [4.78, 5) is 0.222. The number of rotatable bonds is 6. The number of benzene rings is 2. The molecule has 30 heavy (non-hydrogen) atoms. The van der Waals surface area contributed by atoms with E-state index in [1.165, 1.54) is 38.5 Å². The van der Waals surface area contributed by atoms with E-state index >= 15 is 0 Å². The minimum absolute atomic E-state index is 0.0698. The fourth-order valence-electron chi connectivity index (χ4n) is 3.41. The van der Waals surface area contributed by atoms with Crippen LogP contribution in [0.25, 0.3) is 0 Å². The third kappa shape index (κ3) is 4.16. The van der Waals surface area contributed by atoms with Gasteiger partial charge < -0.3 is 9.47 Å². The van der Waals surface area contributed by atoms with E-state index in [-0.39, 0.29) is 22.9 Å². The van der Waals surface area contributed by atoms with Crippen LogP contribution in [-0.2, 0) is 29.5 Å². The van der Waals surface area contributed by atoms with Crippen LogP contribution in [0.5, 0.6) is 0 Å². The number of piperazine rings is 1. The van der Waals surface area contributed by atoms with Crippen molar-refractivity contribution in [2.75, 3.05) is 27.3 Å². The van der Waals surface area contributed by atoms with Crippen molar-refractivity contribution >= 4 is 20.0 Å². The van der Waals surface area contributed by atoms with Crippen molar-refractivity contribution in [3.05, 3.63) is 59.7 Å². The molecule has 8 nitrogen and oxygen atoms in total. The molecule has 0 spiro atoms. The molecule has 2 unspecified atom stereocenters. The fraction of sp³-hybridized carbons (Fsp3) is 0.400. The average molecular weight is 455 g/mol. The number of hydrogen-bond acceptors (Lipinski definition) is 6. The molecular weight excluding hydrogens is 428 g/mol. The number of nitrogens with zero attached hydrogens (tertiary/aromatic N) is 2. The minimum Gasteiger partial charge on any atom is -0.361 e. The van der Waals surface area contributed by atoms with Gasteiger partial charge in [0.1, 0.15) is 0 Å². The Hall–Kier alpha value is -1.82. The predicted octanol–water partition coefficient (Wildman–Crippen LogP) is 1.94. The molecule has 1 aliphatic heterocycles. The van der Waals surface area contributed by atoms with Gasteiger partial charge in [0.2, 0.25) is 20.0 Å². The lowest BCUT2D eigenvalue weighted by molar-refractivity contribution is -0.153. The highest BCUT2D eigenvalue weighted by molar-refractivity contribution is 7.89. The highest BCUT2D eigenvalue weighted by Gasteiger charge is 2.47. The van der Waals surface area contributed by atoms with E-state index in [9.17, 15) is 16.8 Å². The molecular formula is C20H26N2O6S2. The third-order valence-corrected chi connectivity index (χ3v) is 8.84. The average Bonchev–Trinajstić information content (AvgIpc) is 2.73. The summed E-state index contributed by atoms with van der Waals surface area (Å²) in [5, 5.41) is 0. The molecule has 0 radical (unpaired) electrons. The molecule has 2 atom stereocenters. The van der Waals surface area contributed by atoms with Crippen LogP contribution in [-0.4, -0.2) is 65.2 Å². The standard InChI is InChI=1S/C20H26N2O6S2/c1-15-5-9-17(10-6-15)29(23,24)21-13-14-22(20(28-4)19(21)27-3)30(25,26)18-11-7-16(2)8-12-18/h5-12,19-20H,13-14H2,1-4H3. The van der Waals surface area contributed by atoms with E-state index in [0.29, 0.717) is 0 Å². The van der Waals surface area contributed by atoms with Crippen molar-refractivity contribution in [1.82, 2.24) is 8.61 Å². The molecule has 0 aromatic heterocycles. The molecule has 0 aliphatic carbocycles. The van der Waals surface area contributed by atoms with Crippen LogP contribution in [0.4, 0.5) is 0 Å². The number of hydrogen-bond donors (Lipinski definition) is 0. The first-order valence-corrected chi connectivity index (χ1v) is 12.2. The van der Waals surface area contributed by atoms with Gasteiger partial charge in [-0.15, -0.1) is 0 Å². The van der Waals surface area contributed by atoms with Crippen molar-refractivity contribution in [2.24, 2.45) is 0 Å². The van der Waals surface area contributed by atoms with Gasteiger partial charge in [-0.1, -0.05) is 35.4 Å². The molecule has 0 N–H and O–H groups in total. The van der Waals surface area contributed by atoms with Gasteiger partial charge in [0.25, 0.3) is 0 Å². The first kappa shape index (κ1) is 22.9. The second kappa shape index (κ2) is 8.74. The van der Waals surface area contributed by atoms with E-state index in [1.807, 2.05) is 13.8 Å². The van der Waals surface area contributed by atoms with E-state index < -0.39 is 32.5 Å². The smallest absolute Gasteiger partial charge is 0.245 e. The highest BCUT2D eigenvalue weighted by Crippen LogP contribution is 2.30. The summed E-state index contributed by atoms with van der Waals surface area (Å²) in [5.74, 6) is 0. The Morgan fingerprint density at radius 3 is 1.23 bits per heavy atom. The maximum Gasteiger partial charge on any atom is 0.245 e. The quantitative estimate of drug-likeness (QED) is 0.662. The Morgan fingerprint density at radius 2 is 0.967 bits per heavy atom. The van der Waals surface area contributed by atoms with Gasteiger partial charge in [-0.05, 0) is 38.1 Å². The first-order chi connectivity index (χ1) is 14.1. The monoisotopic (exact) mass is 454 g/mol. The summed E-state index contributed by atoms with van der Waals surface area (Å²) in [6.07, 6.45) is -2.29. The van der Waals surface area contributed by atoms with Crippen LogP contribution < -0.4 is 0 Å². The molecule has 2 aromatic carbocycles. The van der Waals surface area contributed by atoms with Gasteiger partial charge in [0.05, 0.1) is 9.79 Å². The van der Waals surface area contributed by atoms with Gasteiger partial charge in [-0.3, -0.25) is 0 Å². The largest absolute Gasteiger partial charge is 0.361 e. The molecule has 0 saturated carbocycles. The maximum absolute atomic E-state index is 13.2. The predicted molar refractivity (Wildman–Crippen MR) is 112 cm³/mol. The van der Waals surface area contributed by atoms with Crippen LogP contribution in [0.3, 0.4) is 0 Å². The van der Waals surface area contributed by atoms with Crippen molar-refractivity contribution in [3.8, 4) is 0 Å². The lowest BCUT2D eigenvalue weighted by Crippen LogP contribution is -2.63. The number of aryl methyl sites for hydroxylation is 2. The summed E-state index contributed by atoms with van der Waals surface area (Å²) in [6, 6.07) is 12.9. The van der Waals surface area contributed by atoms with E-state index in [1.54, 1.807) is 24.3 Å². The summed E-state index contributed by atoms with van der Waals surface area (Å²) < 4.78 is 66.0. The second-order valence-electron chi connectivity index (χ2n) is 7.11. The van der Waals surface area contributed by atoms with Crippen molar-refractivity contribution in [1.29, 1.82) is 0 Å². The Balaban J connectivity index is 1.97. The zero-order valence-electron chi connectivity index (χ0n) is 17.3. The molecule has 0 bridgehead atoms. The Bertz CT molecular complexity index is 994. The lowest BCUT2D eigenvalue weighted by Gasteiger charge is -2.43. The Morgan fingerprint density at radius 1 is 0.667 bits per heavy atom. The molecule has 10 heteroatoms. The SMILES string of the molecule is COC1C(OC)N(S(=O)(=O)c2ccc(C)cc2)CCN1S(=O)(=O)c1ccc(C)cc1. The van der Waals surface area contributed by atoms with Gasteiger partial charge >= 0.3 is 0 Å². The molecule has 0 amide bonds. The van der Waals surface area contributed by atoms with Crippen molar-refractivity contribution in [2.45, 2.75) is 36.1 Å². The topological polar surface area (TPSA) is 93.2 Å². The van der Waals surface area contributed by atoms with Gasteiger partial charge in [0.15, 0.2) is 12.5 Å². The molecule has 1 fully saturated rings. The van der Waals surface area contributed by atoms with Crippen LogP contribution in [0.15, 0.2) is 58.3 Å². The second-order valence-corrected chi connectivity index (χ2v) is 10.9. The third-order valence-electron chi connectivity index (χ3n) is 5.09. The van der Waals surface area contributed by atoms with Crippen molar-refractivity contribution < 1.29 is 26.3 Å². The van der Waals surface area contributed by atoms with E-state index in [0.717, 1.165) is 19.7 Å². The Kier molecular flexibility index (Phi) is 6.66. The molecule has 3 rings (SSSR count). The molecule has 2 aromatic rings. The molecule has 1 heterocycles. The number of methoxy groups -OCH3 is 2. The van der Waals surface area contributed by atoms with Crippen LogP contribution >= 0.6 is 0 Å². The summed E-state index contributed by atoms with van der Waals surface area (Å²) in [5.41, 5.74) is 1.86. The van der Waals surface area contributed by atoms with Gasteiger partial charge in [-0.25, -0.2) is 16.8 Å². The van der Waals surface area contributed by atoms with Crippen LogP contribution in [0.2, 0.25) is 0 Å². The molecule has 164 valence electrons. The zero-order chi connectivity index (χ0) is 22.1. The van der Waals surface area contributed by atoms with E-state index in [4.69, 9.17) is 9.47 Å². The van der Waals surface area contributed by atoms with Crippen LogP contribution in [0.1, 0.15) is 11.1 Å².